The summed E-state index contributed by atoms with van der Waals surface area (Å²) in [6.07, 6.45) is 2.98. The van der Waals surface area contributed by atoms with Crippen molar-refractivity contribution in [2.75, 3.05) is 20.2 Å². The molecule has 1 unspecified atom stereocenters. The van der Waals surface area contributed by atoms with Crippen molar-refractivity contribution in [3.63, 3.8) is 0 Å². The molecule has 1 amide bonds. The molecule has 0 bridgehead atoms. The maximum Gasteiger partial charge on any atom is 0.337 e. The van der Waals surface area contributed by atoms with Gasteiger partial charge in [-0.15, -0.1) is 0 Å². The average Bonchev–Trinajstić information content (AvgIpc) is 2.61. The van der Waals surface area contributed by atoms with E-state index in [0.29, 0.717) is 11.5 Å². The van der Waals surface area contributed by atoms with E-state index in [1.807, 2.05) is 4.90 Å². The summed E-state index contributed by atoms with van der Waals surface area (Å²) >= 11 is 0. The molecule has 0 N–H and O–H groups in total. The predicted octanol–water partition coefficient (Wildman–Crippen LogP) is 2.47. The van der Waals surface area contributed by atoms with E-state index in [4.69, 9.17) is 4.84 Å². The zero-order valence-electron chi connectivity index (χ0n) is 14.4. The highest BCUT2D eigenvalue weighted by molar-refractivity contribution is 5.90. The SMILES string of the molecule is COC(=O)c1ccc(/C=N/OC(C)C(=O)N2CCC(C)CC2)cc1. The van der Waals surface area contributed by atoms with Crippen LogP contribution in [0.4, 0.5) is 0 Å². The molecule has 1 aromatic carbocycles. The third-order valence-corrected chi connectivity index (χ3v) is 4.20. The quantitative estimate of drug-likeness (QED) is 0.472. The van der Waals surface area contributed by atoms with Crippen molar-refractivity contribution in [3.05, 3.63) is 35.4 Å². The molecule has 1 atom stereocenters. The number of piperidine rings is 1. The number of esters is 1. The molecule has 24 heavy (non-hydrogen) atoms. The van der Waals surface area contributed by atoms with Gasteiger partial charge in [0.15, 0.2) is 0 Å². The lowest BCUT2D eigenvalue weighted by Crippen LogP contribution is -2.43. The van der Waals surface area contributed by atoms with Crippen molar-refractivity contribution in [1.29, 1.82) is 0 Å². The van der Waals surface area contributed by atoms with Gasteiger partial charge in [0.1, 0.15) is 0 Å². The third-order valence-electron chi connectivity index (χ3n) is 4.20. The first kappa shape index (κ1) is 18.0. The molecule has 6 heteroatoms. The summed E-state index contributed by atoms with van der Waals surface area (Å²) in [7, 11) is 1.34. The highest BCUT2D eigenvalue weighted by Crippen LogP contribution is 2.17. The molecule has 2 rings (SSSR count). The Morgan fingerprint density at radius 3 is 2.46 bits per heavy atom. The molecular weight excluding hydrogens is 308 g/mol. The van der Waals surface area contributed by atoms with Gasteiger partial charge in [-0.3, -0.25) is 4.79 Å². The summed E-state index contributed by atoms with van der Waals surface area (Å²) < 4.78 is 4.64. The molecule has 0 spiro atoms. The standard InChI is InChI=1S/C18H24N2O4/c1-13-8-10-20(11-9-13)17(21)14(2)24-19-12-15-4-6-16(7-5-15)18(22)23-3/h4-7,12-14H,8-11H2,1-3H3/b19-12+. The fourth-order valence-corrected chi connectivity index (χ4v) is 2.54. The minimum atomic E-state index is -0.607. The van der Waals surface area contributed by atoms with E-state index in [1.165, 1.54) is 13.3 Å². The van der Waals surface area contributed by atoms with Crippen LogP contribution in [0.1, 0.15) is 42.6 Å². The van der Waals surface area contributed by atoms with E-state index in [9.17, 15) is 9.59 Å². The van der Waals surface area contributed by atoms with E-state index in [2.05, 4.69) is 16.8 Å². The molecular formula is C18H24N2O4. The van der Waals surface area contributed by atoms with Crippen LogP contribution in [0.3, 0.4) is 0 Å². The monoisotopic (exact) mass is 332 g/mol. The smallest absolute Gasteiger partial charge is 0.337 e. The predicted molar refractivity (Wildman–Crippen MR) is 90.9 cm³/mol. The van der Waals surface area contributed by atoms with Crippen LogP contribution in [-0.4, -0.2) is 49.3 Å². The number of ether oxygens (including phenoxy) is 1. The fraction of sp³-hybridized carbons (Fsp3) is 0.500. The first-order valence-corrected chi connectivity index (χ1v) is 8.17. The Morgan fingerprint density at radius 2 is 1.88 bits per heavy atom. The number of carbonyl (C=O) groups excluding carboxylic acids is 2. The van der Waals surface area contributed by atoms with Crippen molar-refractivity contribution >= 4 is 18.1 Å². The summed E-state index contributed by atoms with van der Waals surface area (Å²) in [4.78, 5) is 30.7. The Labute approximate surface area is 142 Å². The second-order valence-electron chi connectivity index (χ2n) is 6.10. The lowest BCUT2D eigenvalue weighted by Gasteiger charge is -2.31. The number of carbonyl (C=O) groups is 2. The molecule has 1 aliphatic rings. The van der Waals surface area contributed by atoms with Crippen molar-refractivity contribution in [2.24, 2.45) is 11.1 Å². The van der Waals surface area contributed by atoms with Crippen LogP contribution in [0.15, 0.2) is 29.4 Å². The lowest BCUT2D eigenvalue weighted by atomic mass is 9.99. The minimum Gasteiger partial charge on any atom is -0.465 e. The fourth-order valence-electron chi connectivity index (χ4n) is 2.54. The second kappa shape index (κ2) is 8.47. The summed E-state index contributed by atoms with van der Waals surface area (Å²) in [5, 5.41) is 3.88. The first-order chi connectivity index (χ1) is 11.5. The van der Waals surface area contributed by atoms with E-state index < -0.39 is 6.10 Å². The van der Waals surface area contributed by atoms with Crippen LogP contribution in [0.5, 0.6) is 0 Å². The van der Waals surface area contributed by atoms with Crippen LogP contribution in [0, 0.1) is 5.92 Å². The highest BCUT2D eigenvalue weighted by atomic mass is 16.6. The second-order valence-corrected chi connectivity index (χ2v) is 6.10. The Hall–Kier alpha value is -2.37. The Bertz CT molecular complexity index is 590. The van der Waals surface area contributed by atoms with E-state index in [0.717, 1.165) is 31.5 Å². The van der Waals surface area contributed by atoms with Gasteiger partial charge in [-0.05, 0) is 43.4 Å². The maximum absolute atomic E-state index is 12.3. The Morgan fingerprint density at radius 1 is 1.25 bits per heavy atom. The molecule has 0 saturated carbocycles. The zero-order chi connectivity index (χ0) is 17.5. The maximum atomic E-state index is 12.3. The number of likely N-dealkylation sites (tertiary alicyclic amines) is 1. The zero-order valence-corrected chi connectivity index (χ0v) is 14.4. The van der Waals surface area contributed by atoms with Crippen LogP contribution in [-0.2, 0) is 14.4 Å². The largest absolute Gasteiger partial charge is 0.465 e. The number of hydrogen-bond acceptors (Lipinski definition) is 5. The van der Waals surface area contributed by atoms with Gasteiger partial charge in [0.05, 0.1) is 18.9 Å². The molecule has 130 valence electrons. The highest BCUT2D eigenvalue weighted by Gasteiger charge is 2.25. The van der Waals surface area contributed by atoms with Gasteiger partial charge in [-0.1, -0.05) is 24.2 Å². The topological polar surface area (TPSA) is 68.2 Å². The van der Waals surface area contributed by atoms with Crippen LogP contribution >= 0.6 is 0 Å². The van der Waals surface area contributed by atoms with Gasteiger partial charge in [-0.25, -0.2) is 4.79 Å². The third kappa shape index (κ3) is 4.81. The van der Waals surface area contributed by atoms with Gasteiger partial charge < -0.3 is 14.5 Å². The molecule has 0 aliphatic carbocycles. The van der Waals surface area contributed by atoms with Gasteiger partial charge in [0, 0.05) is 13.1 Å². The number of methoxy groups -OCH3 is 1. The van der Waals surface area contributed by atoms with Crippen molar-refractivity contribution in [3.8, 4) is 0 Å². The molecule has 1 fully saturated rings. The minimum absolute atomic E-state index is 0.0277. The molecule has 1 saturated heterocycles. The average molecular weight is 332 g/mol. The van der Waals surface area contributed by atoms with Gasteiger partial charge >= 0.3 is 5.97 Å². The van der Waals surface area contributed by atoms with E-state index >= 15 is 0 Å². The van der Waals surface area contributed by atoms with E-state index in [-0.39, 0.29) is 11.9 Å². The summed E-state index contributed by atoms with van der Waals surface area (Å²) in [5.74, 6) is 0.265. The Kier molecular flexibility index (Phi) is 6.35. The molecule has 1 aliphatic heterocycles. The summed E-state index contributed by atoms with van der Waals surface area (Å²) in [5.41, 5.74) is 1.24. The van der Waals surface area contributed by atoms with E-state index in [1.54, 1.807) is 31.2 Å². The number of benzene rings is 1. The van der Waals surface area contributed by atoms with Crippen molar-refractivity contribution in [2.45, 2.75) is 32.8 Å². The normalized spacial score (nSPS) is 16.9. The number of amides is 1. The molecule has 0 aromatic heterocycles. The van der Waals surface area contributed by atoms with Crippen molar-refractivity contribution < 1.29 is 19.2 Å². The van der Waals surface area contributed by atoms with Gasteiger partial charge in [0.2, 0.25) is 6.10 Å². The van der Waals surface area contributed by atoms with Crippen LogP contribution < -0.4 is 0 Å². The summed E-state index contributed by atoms with van der Waals surface area (Å²) in [6, 6.07) is 6.77. The number of hydrogen-bond donors (Lipinski definition) is 0. The molecule has 1 heterocycles. The van der Waals surface area contributed by atoms with Crippen molar-refractivity contribution in [1.82, 2.24) is 4.90 Å². The summed E-state index contributed by atoms with van der Waals surface area (Å²) in [6.45, 7) is 5.48. The first-order valence-electron chi connectivity index (χ1n) is 8.17. The number of oxime groups is 1. The Balaban J connectivity index is 1.84. The lowest BCUT2D eigenvalue weighted by molar-refractivity contribution is -0.143. The van der Waals surface area contributed by atoms with Gasteiger partial charge in [-0.2, -0.15) is 0 Å². The number of rotatable bonds is 5. The number of nitrogens with zero attached hydrogens (tertiary/aromatic N) is 2. The molecule has 0 radical (unpaired) electrons. The van der Waals surface area contributed by atoms with Crippen LogP contribution in [0.25, 0.3) is 0 Å². The molecule has 6 nitrogen and oxygen atoms in total. The van der Waals surface area contributed by atoms with Gasteiger partial charge in [0.25, 0.3) is 5.91 Å². The van der Waals surface area contributed by atoms with Crippen LogP contribution in [0.2, 0.25) is 0 Å². The molecule has 1 aromatic rings.